The number of likely N-dealkylation sites (tertiary alicyclic amines) is 1. The smallest absolute Gasteiger partial charge is 0.368 e. The van der Waals surface area contributed by atoms with Crippen molar-refractivity contribution in [3.63, 3.8) is 0 Å². The van der Waals surface area contributed by atoms with Crippen LogP contribution in [0, 0.1) is 12.3 Å². The van der Waals surface area contributed by atoms with E-state index in [1.165, 1.54) is 23.5 Å². The van der Waals surface area contributed by atoms with Crippen molar-refractivity contribution in [1.29, 1.82) is 0 Å². The highest BCUT2D eigenvalue weighted by molar-refractivity contribution is 7.15. The Morgan fingerprint density at radius 1 is 1.12 bits per heavy atom. The van der Waals surface area contributed by atoms with Gasteiger partial charge in [0.2, 0.25) is 0 Å². The molecule has 2 fully saturated rings. The molecule has 34 heavy (non-hydrogen) atoms. The number of carbonyl (C=O) groups is 1. The molecule has 5 rings (SSSR count). The van der Waals surface area contributed by atoms with Crippen LogP contribution in [0.4, 0.5) is 19.0 Å². The fourth-order valence-corrected chi connectivity index (χ4v) is 5.66. The second-order valence-electron chi connectivity index (χ2n) is 9.17. The lowest BCUT2D eigenvalue weighted by atomic mass is 9.87. The Balaban J connectivity index is 1.38. The summed E-state index contributed by atoms with van der Waals surface area (Å²) in [6.07, 6.45) is -0.453. The van der Waals surface area contributed by atoms with E-state index in [0.717, 1.165) is 47.2 Å². The molecule has 3 aromatic rings. The molecule has 0 radical (unpaired) electrons. The first-order valence-corrected chi connectivity index (χ1v) is 12.2. The number of benzene rings is 1. The maximum atomic E-state index is 13.7. The molecule has 9 heteroatoms. The highest BCUT2D eigenvalue weighted by Gasteiger charge is 2.49. The topological polar surface area (TPSA) is 58.1 Å². The van der Waals surface area contributed by atoms with Gasteiger partial charge < -0.3 is 10.2 Å². The van der Waals surface area contributed by atoms with Crippen molar-refractivity contribution in [3.05, 3.63) is 64.9 Å². The fourth-order valence-electron chi connectivity index (χ4n) is 4.74. The Hall–Kier alpha value is -2.94. The zero-order chi connectivity index (χ0) is 23.9. The molecule has 178 valence electrons. The third-order valence-corrected chi connectivity index (χ3v) is 7.76. The number of nitrogens with zero attached hydrogens (tertiary/aromatic N) is 3. The molecule has 2 aliphatic rings. The van der Waals surface area contributed by atoms with Crippen molar-refractivity contribution in [3.8, 4) is 10.4 Å². The molecule has 1 amide bonds. The van der Waals surface area contributed by atoms with Gasteiger partial charge in [0, 0.05) is 19.1 Å². The first-order chi connectivity index (χ1) is 16.2. The van der Waals surface area contributed by atoms with Gasteiger partial charge in [0.1, 0.15) is 17.2 Å². The van der Waals surface area contributed by atoms with Crippen LogP contribution in [0.25, 0.3) is 10.4 Å². The molecule has 5 nitrogen and oxygen atoms in total. The third kappa shape index (κ3) is 4.66. The Labute approximate surface area is 200 Å². The first kappa shape index (κ1) is 22.8. The van der Waals surface area contributed by atoms with Crippen LogP contribution in [0.5, 0.6) is 0 Å². The van der Waals surface area contributed by atoms with Gasteiger partial charge in [-0.25, -0.2) is 9.97 Å². The molecule has 3 heterocycles. The summed E-state index contributed by atoms with van der Waals surface area (Å²) < 4.78 is 39.2. The number of hydrogen-bond donors (Lipinski definition) is 1. The van der Waals surface area contributed by atoms with Gasteiger partial charge in [-0.1, -0.05) is 36.4 Å². The number of thiazole rings is 1. The minimum Gasteiger partial charge on any atom is -0.368 e. The largest absolute Gasteiger partial charge is 0.433 e. The van der Waals surface area contributed by atoms with Crippen LogP contribution in [0.15, 0.2) is 48.5 Å². The number of piperidine rings is 1. The molecule has 1 aliphatic heterocycles. The van der Waals surface area contributed by atoms with E-state index in [1.807, 2.05) is 42.2 Å². The number of halogens is 3. The number of alkyl halides is 3. The molecule has 0 bridgehead atoms. The van der Waals surface area contributed by atoms with E-state index in [4.69, 9.17) is 0 Å². The number of hydrogen-bond acceptors (Lipinski definition) is 5. The number of amides is 1. The molecule has 1 atom stereocenters. The van der Waals surface area contributed by atoms with Gasteiger partial charge in [-0.2, -0.15) is 13.2 Å². The fraction of sp³-hybridized carbons (Fsp3) is 0.400. The Morgan fingerprint density at radius 2 is 1.88 bits per heavy atom. The average Bonchev–Trinajstić information content (AvgIpc) is 3.45. The number of nitrogens with one attached hydrogen (secondary N) is 1. The molecule has 1 saturated heterocycles. The van der Waals surface area contributed by atoms with Gasteiger partial charge in [-0.05, 0) is 55.7 Å². The summed E-state index contributed by atoms with van der Waals surface area (Å²) in [6, 6.07) is 13.4. The monoisotopic (exact) mass is 486 g/mol. The van der Waals surface area contributed by atoms with Crippen molar-refractivity contribution in [1.82, 2.24) is 14.9 Å². The summed E-state index contributed by atoms with van der Waals surface area (Å²) in [5.41, 5.74) is 0.723. The lowest BCUT2D eigenvalue weighted by Gasteiger charge is -2.40. The zero-order valence-electron chi connectivity index (χ0n) is 18.7. The summed E-state index contributed by atoms with van der Waals surface area (Å²) in [5.74, 6) is 0.0367. The molecule has 1 spiro atoms. The average molecular weight is 487 g/mol. The van der Waals surface area contributed by atoms with E-state index in [9.17, 15) is 18.0 Å². The van der Waals surface area contributed by atoms with E-state index in [-0.39, 0.29) is 23.2 Å². The Bertz CT molecular complexity index is 1190. The molecule has 2 aromatic heterocycles. The van der Waals surface area contributed by atoms with Gasteiger partial charge in [0.25, 0.3) is 5.91 Å². The van der Waals surface area contributed by atoms with E-state index in [0.29, 0.717) is 18.8 Å². The van der Waals surface area contributed by atoms with Gasteiger partial charge in [-0.3, -0.25) is 4.79 Å². The van der Waals surface area contributed by atoms with Gasteiger partial charge in [0.15, 0.2) is 0 Å². The number of aromatic nitrogens is 2. The molecular formula is C25H25F3N4OS. The number of anilines is 1. The number of rotatable bonds is 5. The second kappa shape index (κ2) is 8.69. The number of aryl methyl sites for hydroxylation is 1. The summed E-state index contributed by atoms with van der Waals surface area (Å²) >= 11 is 1.50. The van der Waals surface area contributed by atoms with Crippen LogP contribution in [-0.2, 0) is 6.18 Å². The van der Waals surface area contributed by atoms with E-state index < -0.39 is 11.9 Å². The summed E-state index contributed by atoms with van der Waals surface area (Å²) in [6.45, 7) is 2.85. The van der Waals surface area contributed by atoms with E-state index >= 15 is 0 Å². The van der Waals surface area contributed by atoms with Gasteiger partial charge >= 0.3 is 6.18 Å². The maximum absolute atomic E-state index is 13.7. The molecule has 1 aromatic carbocycles. The lowest BCUT2D eigenvalue weighted by Crippen LogP contribution is -2.50. The van der Waals surface area contributed by atoms with Crippen molar-refractivity contribution < 1.29 is 18.0 Å². The van der Waals surface area contributed by atoms with Crippen molar-refractivity contribution in [2.75, 3.05) is 18.4 Å². The Kier molecular flexibility index (Phi) is 5.83. The first-order valence-electron chi connectivity index (χ1n) is 11.4. The quantitative estimate of drug-likeness (QED) is 0.479. The Morgan fingerprint density at radius 3 is 2.59 bits per heavy atom. The lowest BCUT2D eigenvalue weighted by molar-refractivity contribution is -0.141. The predicted molar refractivity (Wildman–Crippen MR) is 126 cm³/mol. The van der Waals surface area contributed by atoms with Gasteiger partial charge in [0.05, 0.1) is 9.88 Å². The normalized spacial score (nSPS) is 19.3. The minimum atomic E-state index is -4.50. The van der Waals surface area contributed by atoms with Crippen LogP contribution in [0.3, 0.4) is 0 Å². The van der Waals surface area contributed by atoms with Crippen LogP contribution in [0.2, 0.25) is 0 Å². The van der Waals surface area contributed by atoms with Crippen molar-refractivity contribution >= 4 is 23.1 Å². The zero-order valence-corrected chi connectivity index (χ0v) is 19.5. The van der Waals surface area contributed by atoms with E-state index in [2.05, 4.69) is 15.3 Å². The third-order valence-electron chi connectivity index (χ3n) is 6.74. The van der Waals surface area contributed by atoms with Crippen LogP contribution >= 0.6 is 11.3 Å². The van der Waals surface area contributed by atoms with Crippen LogP contribution in [-0.4, -0.2) is 39.9 Å². The predicted octanol–water partition coefficient (Wildman–Crippen LogP) is 6.03. The maximum Gasteiger partial charge on any atom is 0.433 e. The molecule has 1 aliphatic carbocycles. The second-order valence-corrected chi connectivity index (χ2v) is 10.4. The van der Waals surface area contributed by atoms with Crippen LogP contribution in [0.1, 0.15) is 46.9 Å². The van der Waals surface area contributed by atoms with Gasteiger partial charge in [-0.15, -0.1) is 11.3 Å². The van der Waals surface area contributed by atoms with Crippen molar-refractivity contribution in [2.24, 2.45) is 5.41 Å². The van der Waals surface area contributed by atoms with E-state index in [1.54, 1.807) is 0 Å². The SMILES string of the molecule is Cc1nc(C(=O)N2CCC3(CC3)CC2CNc2cccc(C(F)(F)F)n2)c(-c2ccccc2)s1. The molecule has 1 unspecified atom stereocenters. The highest BCUT2D eigenvalue weighted by Crippen LogP contribution is 2.55. The summed E-state index contributed by atoms with van der Waals surface area (Å²) in [7, 11) is 0. The molecular weight excluding hydrogens is 461 g/mol. The number of pyridine rings is 1. The highest BCUT2D eigenvalue weighted by atomic mass is 32.1. The molecule has 1 N–H and O–H groups in total. The summed E-state index contributed by atoms with van der Waals surface area (Å²) in [4.78, 5) is 24.7. The molecule has 1 saturated carbocycles. The number of carbonyl (C=O) groups excluding carboxylic acids is 1. The standard InChI is InChI=1S/C25H25F3N4OS/c1-16-30-21(22(34-16)17-6-3-2-4-7-17)23(33)32-13-12-24(10-11-24)14-18(32)15-29-20-9-5-8-19(31-20)25(26,27)28/h2-9,18H,10-15H2,1H3,(H,29,31). The summed E-state index contributed by atoms with van der Waals surface area (Å²) in [5, 5.41) is 3.88. The minimum absolute atomic E-state index is 0.123. The van der Waals surface area contributed by atoms with Crippen molar-refractivity contribution in [2.45, 2.75) is 44.8 Å². The van der Waals surface area contributed by atoms with Crippen LogP contribution < -0.4 is 5.32 Å².